The number of nitrogens with zero attached hydrogens (tertiary/aromatic N) is 1. The Balaban J connectivity index is 1.53. The molecule has 3 heterocycles. The summed E-state index contributed by atoms with van der Waals surface area (Å²) in [4.78, 5) is 2.69. The molecule has 1 aromatic carbocycles. The fourth-order valence-corrected chi connectivity index (χ4v) is 4.37. The van der Waals surface area contributed by atoms with E-state index in [4.69, 9.17) is 0 Å². The highest BCUT2D eigenvalue weighted by molar-refractivity contribution is 5.31. The van der Waals surface area contributed by atoms with Gasteiger partial charge in [-0.2, -0.15) is 0 Å². The highest BCUT2D eigenvalue weighted by Gasteiger charge is 2.38. The first-order valence-corrected chi connectivity index (χ1v) is 8.20. The predicted molar refractivity (Wildman–Crippen MR) is 81.6 cm³/mol. The van der Waals surface area contributed by atoms with E-state index >= 15 is 0 Å². The number of nitrogens with one attached hydrogen (secondary N) is 2. The van der Waals surface area contributed by atoms with E-state index in [1.165, 1.54) is 49.9 Å². The van der Waals surface area contributed by atoms with Crippen molar-refractivity contribution in [2.24, 2.45) is 0 Å². The van der Waals surface area contributed by atoms with Gasteiger partial charge in [-0.05, 0) is 49.9 Å². The van der Waals surface area contributed by atoms with Crippen molar-refractivity contribution < 1.29 is 0 Å². The van der Waals surface area contributed by atoms with Gasteiger partial charge in [0.25, 0.3) is 0 Å². The summed E-state index contributed by atoms with van der Waals surface area (Å²) < 4.78 is 0. The van der Waals surface area contributed by atoms with Crippen LogP contribution in [0.25, 0.3) is 0 Å². The first-order chi connectivity index (χ1) is 9.92. The Kier molecular flexibility index (Phi) is 3.51. The van der Waals surface area contributed by atoms with Crippen LogP contribution in [0.4, 0.5) is 0 Å². The highest BCUT2D eigenvalue weighted by Crippen LogP contribution is 2.31. The van der Waals surface area contributed by atoms with E-state index in [1.54, 1.807) is 0 Å². The Morgan fingerprint density at radius 2 is 2.05 bits per heavy atom. The molecule has 2 fully saturated rings. The third-order valence-corrected chi connectivity index (χ3v) is 5.38. The van der Waals surface area contributed by atoms with Gasteiger partial charge in [0.1, 0.15) is 0 Å². The van der Waals surface area contributed by atoms with E-state index in [1.807, 2.05) is 0 Å². The molecule has 1 aromatic rings. The summed E-state index contributed by atoms with van der Waals surface area (Å²) in [6, 6.07) is 11.0. The van der Waals surface area contributed by atoms with E-state index in [0.29, 0.717) is 12.1 Å². The minimum atomic E-state index is 0.534. The van der Waals surface area contributed by atoms with Crippen LogP contribution in [0.3, 0.4) is 0 Å². The molecule has 4 rings (SSSR count). The van der Waals surface area contributed by atoms with Gasteiger partial charge in [-0.1, -0.05) is 24.3 Å². The second-order valence-electron chi connectivity index (χ2n) is 6.52. The third-order valence-electron chi connectivity index (χ3n) is 5.38. The molecular formula is C17H25N3. The molecule has 0 bridgehead atoms. The van der Waals surface area contributed by atoms with E-state index in [2.05, 4.69) is 39.8 Å². The van der Waals surface area contributed by atoms with Crippen molar-refractivity contribution in [1.82, 2.24) is 15.5 Å². The van der Waals surface area contributed by atoms with Crippen LogP contribution in [-0.2, 0) is 6.54 Å². The van der Waals surface area contributed by atoms with Crippen molar-refractivity contribution in [2.75, 3.05) is 19.6 Å². The molecule has 3 atom stereocenters. The summed E-state index contributed by atoms with van der Waals surface area (Å²) >= 11 is 0. The molecule has 108 valence electrons. The van der Waals surface area contributed by atoms with Gasteiger partial charge in [-0.3, -0.25) is 4.90 Å². The van der Waals surface area contributed by atoms with Gasteiger partial charge in [0, 0.05) is 31.2 Å². The summed E-state index contributed by atoms with van der Waals surface area (Å²) in [5.41, 5.74) is 3.00. The molecule has 2 N–H and O–H groups in total. The average molecular weight is 271 g/mol. The Labute approximate surface area is 121 Å². The van der Waals surface area contributed by atoms with Crippen LogP contribution in [-0.4, -0.2) is 36.6 Å². The zero-order chi connectivity index (χ0) is 13.4. The number of rotatable bonds is 2. The summed E-state index contributed by atoms with van der Waals surface area (Å²) in [6.45, 7) is 4.77. The number of benzene rings is 1. The van der Waals surface area contributed by atoms with Crippen LogP contribution in [0.1, 0.15) is 42.9 Å². The van der Waals surface area contributed by atoms with Crippen molar-refractivity contribution in [1.29, 1.82) is 0 Å². The quantitative estimate of drug-likeness (QED) is 0.862. The van der Waals surface area contributed by atoms with E-state index in [-0.39, 0.29) is 0 Å². The molecule has 2 saturated heterocycles. The third kappa shape index (κ3) is 2.28. The van der Waals surface area contributed by atoms with Crippen molar-refractivity contribution in [3.8, 4) is 0 Å². The van der Waals surface area contributed by atoms with Gasteiger partial charge in [0.2, 0.25) is 0 Å². The van der Waals surface area contributed by atoms with E-state index in [0.717, 1.165) is 19.1 Å². The molecule has 0 aromatic heterocycles. The predicted octanol–water partition coefficient (Wildman–Crippen LogP) is 2.05. The Hall–Kier alpha value is -0.900. The summed E-state index contributed by atoms with van der Waals surface area (Å²) in [5, 5.41) is 7.56. The zero-order valence-corrected chi connectivity index (χ0v) is 12.1. The second-order valence-corrected chi connectivity index (χ2v) is 6.52. The maximum absolute atomic E-state index is 4.00. The normalized spacial score (nSPS) is 33.7. The maximum Gasteiger partial charge on any atom is 0.0338 e. The number of hydrogen-bond acceptors (Lipinski definition) is 3. The Bertz CT molecular complexity index is 473. The number of hydrogen-bond donors (Lipinski definition) is 2. The molecule has 20 heavy (non-hydrogen) atoms. The molecule has 3 heteroatoms. The minimum absolute atomic E-state index is 0.534. The van der Waals surface area contributed by atoms with Crippen LogP contribution >= 0.6 is 0 Å². The zero-order valence-electron chi connectivity index (χ0n) is 12.1. The first-order valence-electron chi connectivity index (χ1n) is 8.20. The lowest BCUT2D eigenvalue weighted by atomic mass is 9.97. The van der Waals surface area contributed by atoms with E-state index < -0.39 is 0 Å². The number of fused-ring (bicyclic) bond motifs is 2. The van der Waals surface area contributed by atoms with Crippen LogP contribution in [0.5, 0.6) is 0 Å². The smallest absolute Gasteiger partial charge is 0.0338 e. The molecule has 0 radical (unpaired) electrons. The van der Waals surface area contributed by atoms with Gasteiger partial charge in [0.05, 0.1) is 0 Å². The molecular weight excluding hydrogens is 246 g/mol. The van der Waals surface area contributed by atoms with Gasteiger partial charge < -0.3 is 10.6 Å². The van der Waals surface area contributed by atoms with Gasteiger partial charge in [-0.15, -0.1) is 0 Å². The van der Waals surface area contributed by atoms with Gasteiger partial charge in [0.15, 0.2) is 0 Å². The monoisotopic (exact) mass is 271 g/mol. The topological polar surface area (TPSA) is 27.3 Å². The second kappa shape index (κ2) is 5.47. The molecule has 0 spiro atoms. The molecule has 0 aliphatic carbocycles. The minimum Gasteiger partial charge on any atom is -0.313 e. The van der Waals surface area contributed by atoms with Crippen LogP contribution in [0.2, 0.25) is 0 Å². The largest absolute Gasteiger partial charge is 0.313 e. The fraction of sp³-hybridized carbons (Fsp3) is 0.647. The Morgan fingerprint density at radius 3 is 3.05 bits per heavy atom. The maximum atomic E-state index is 4.00. The summed E-state index contributed by atoms with van der Waals surface area (Å²) in [7, 11) is 0. The molecule has 3 aliphatic heterocycles. The fourth-order valence-electron chi connectivity index (χ4n) is 4.37. The lowest BCUT2D eigenvalue weighted by Gasteiger charge is -2.27. The Morgan fingerprint density at radius 1 is 1.10 bits per heavy atom. The average Bonchev–Trinajstić information content (AvgIpc) is 3.01. The van der Waals surface area contributed by atoms with Crippen LogP contribution in [0.15, 0.2) is 24.3 Å². The first kappa shape index (κ1) is 12.8. The van der Waals surface area contributed by atoms with Crippen molar-refractivity contribution >= 4 is 0 Å². The molecule has 3 aliphatic rings. The highest BCUT2D eigenvalue weighted by atomic mass is 15.2. The molecule has 0 saturated carbocycles. The molecule has 0 amide bonds. The van der Waals surface area contributed by atoms with Crippen molar-refractivity contribution in [3.05, 3.63) is 35.4 Å². The van der Waals surface area contributed by atoms with Gasteiger partial charge in [-0.25, -0.2) is 0 Å². The molecule has 3 unspecified atom stereocenters. The molecule has 3 nitrogen and oxygen atoms in total. The lowest BCUT2D eigenvalue weighted by molar-refractivity contribution is 0.286. The SMILES string of the molecule is c1ccc2c(c1)CNCCC2NC1CCN2CCCC12. The summed E-state index contributed by atoms with van der Waals surface area (Å²) in [6.07, 6.45) is 5.33. The van der Waals surface area contributed by atoms with Crippen LogP contribution < -0.4 is 10.6 Å². The van der Waals surface area contributed by atoms with E-state index in [9.17, 15) is 0 Å². The standard InChI is InChI=1S/C17H25N3/c1-2-5-14-13(4-1)12-18-9-7-15(14)19-16-8-11-20-10-3-6-17(16)20/h1-2,4-5,15-19H,3,6-12H2. The summed E-state index contributed by atoms with van der Waals surface area (Å²) in [5.74, 6) is 0. The van der Waals surface area contributed by atoms with Gasteiger partial charge >= 0.3 is 0 Å². The van der Waals surface area contributed by atoms with Crippen LogP contribution in [0, 0.1) is 0 Å². The van der Waals surface area contributed by atoms with Crippen molar-refractivity contribution in [2.45, 2.75) is 50.4 Å². The van der Waals surface area contributed by atoms with Crippen molar-refractivity contribution in [3.63, 3.8) is 0 Å². The lowest BCUT2D eigenvalue weighted by Crippen LogP contribution is -2.41.